The summed E-state index contributed by atoms with van der Waals surface area (Å²) >= 11 is 0. The summed E-state index contributed by atoms with van der Waals surface area (Å²) in [5.74, 6) is -3.60. The van der Waals surface area contributed by atoms with Gasteiger partial charge < -0.3 is 44.9 Å². The quantitative estimate of drug-likeness (QED) is 0.0540. The van der Waals surface area contributed by atoms with Gasteiger partial charge in [0.1, 0.15) is 54.4 Å². The molecule has 77 heavy (non-hydrogen) atoms. The Balaban J connectivity index is 0.887. The minimum Gasteiger partial charge on any atom is -0.487 e. The largest absolute Gasteiger partial charge is 0.487 e. The summed E-state index contributed by atoms with van der Waals surface area (Å²) < 4.78 is 23.6. The van der Waals surface area contributed by atoms with Crippen molar-refractivity contribution in [1.82, 2.24) is 40.7 Å². The lowest BCUT2D eigenvalue weighted by atomic mass is 9.98. The molecule has 4 N–H and O–H groups in total. The van der Waals surface area contributed by atoms with Crippen LogP contribution in [0.25, 0.3) is 21.9 Å². The lowest BCUT2D eigenvalue weighted by Crippen LogP contribution is -2.54. The zero-order valence-corrected chi connectivity index (χ0v) is 43.6. The van der Waals surface area contributed by atoms with E-state index >= 15 is 0 Å². The van der Waals surface area contributed by atoms with Crippen LogP contribution in [0.5, 0.6) is 5.75 Å². The van der Waals surface area contributed by atoms with E-state index < -0.39 is 84.2 Å². The maximum absolute atomic E-state index is 14.1. The first-order valence-electron chi connectivity index (χ1n) is 25.2. The summed E-state index contributed by atoms with van der Waals surface area (Å²) in [5, 5.41) is 28.6. The highest BCUT2D eigenvalue weighted by Gasteiger charge is 2.42. The molecule has 5 aromatic carbocycles. The molecule has 1 aliphatic carbocycles. The van der Waals surface area contributed by atoms with Crippen molar-refractivity contribution in [3.63, 3.8) is 0 Å². The number of fused-ring (bicyclic) bond motifs is 4. The third-order valence-electron chi connectivity index (χ3n) is 13.6. The fourth-order valence-corrected chi connectivity index (χ4v) is 9.47. The van der Waals surface area contributed by atoms with E-state index in [2.05, 4.69) is 26.3 Å². The Morgan fingerprint density at radius 3 is 2.10 bits per heavy atom. The van der Waals surface area contributed by atoms with Crippen LogP contribution in [0.4, 0.5) is 9.59 Å². The van der Waals surface area contributed by atoms with Gasteiger partial charge in [0.2, 0.25) is 17.7 Å². The second-order valence-electron chi connectivity index (χ2n) is 20.1. The highest BCUT2D eigenvalue weighted by atomic mass is 16.6. The van der Waals surface area contributed by atoms with Gasteiger partial charge >= 0.3 is 24.1 Å². The van der Waals surface area contributed by atoms with Gasteiger partial charge in [0.15, 0.2) is 0 Å². The monoisotopic (exact) mass is 1050 g/mol. The number of likely N-dealkylation sites (tertiary alicyclic amines) is 1. The summed E-state index contributed by atoms with van der Waals surface area (Å²) in [6.07, 6.45) is 0.226. The van der Waals surface area contributed by atoms with Gasteiger partial charge in [-0.25, -0.2) is 23.9 Å². The van der Waals surface area contributed by atoms with Crippen LogP contribution >= 0.6 is 0 Å². The van der Waals surface area contributed by atoms with Crippen LogP contribution in [0.15, 0.2) is 121 Å². The van der Waals surface area contributed by atoms with Crippen LogP contribution in [0.1, 0.15) is 74.0 Å². The van der Waals surface area contributed by atoms with Crippen molar-refractivity contribution in [2.45, 2.75) is 95.3 Å². The van der Waals surface area contributed by atoms with Crippen molar-refractivity contribution in [2.24, 2.45) is 0 Å². The molecule has 2 aliphatic rings. The molecule has 5 atom stereocenters. The highest BCUT2D eigenvalue weighted by Crippen LogP contribution is 2.44. The van der Waals surface area contributed by atoms with Gasteiger partial charge in [-0.15, -0.1) is 5.10 Å². The molecule has 5 amide bonds. The summed E-state index contributed by atoms with van der Waals surface area (Å²) in [5.41, 5.74) is 5.29. The third kappa shape index (κ3) is 13.4. The lowest BCUT2D eigenvalue weighted by Gasteiger charge is -2.28. The number of likely N-dealkylation sites (N-methyl/N-ethyl adjacent to an activating group) is 1. The number of benzene rings is 5. The number of carbonyl (C=O) groups excluding carboxylic acids is 6. The van der Waals surface area contributed by atoms with E-state index in [0.29, 0.717) is 22.6 Å². The van der Waals surface area contributed by atoms with Crippen molar-refractivity contribution in [3.8, 4) is 16.9 Å². The first-order chi connectivity index (χ1) is 36.8. The average Bonchev–Trinajstić information content (AvgIpc) is 4.19. The SMILES string of the molecule is COC(=O)[C@H](Cc1ccc(OCc2cn(C3C[C@@H](C(=O)N[C@@H](Cc4ccc5ccccc5c4)C(=O)O)N(C(=O)CNC(=O)[C@H](C)N(C)C(=O)OC(C)(C)C)C3)nn2)cc1)NC(=O)OCC1c2ccccc2-c2ccccc21. The average molecular weight is 1050 g/mol. The van der Waals surface area contributed by atoms with E-state index in [-0.39, 0.29) is 44.9 Å². The van der Waals surface area contributed by atoms with E-state index in [9.17, 15) is 38.7 Å². The summed E-state index contributed by atoms with van der Waals surface area (Å²) in [4.78, 5) is 94.9. The second-order valence-corrected chi connectivity index (χ2v) is 20.1. The first-order valence-corrected chi connectivity index (χ1v) is 25.2. The van der Waals surface area contributed by atoms with E-state index in [1.165, 1.54) is 30.7 Å². The van der Waals surface area contributed by atoms with E-state index in [1.54, 1.807) is 57.3 Å². The first kappa shape index (κ1) is 54.5. The fraction of sp³-hybridized carbons (Fsp3) is 0.351. The number of rotatable bonds is 19. The number of esters is 1. The number of amides is 5. The van der Waals surface area contributed by atoms with Gasteiger partial charge in [0.05, 0.1) is 25.9 Å². The molecule has 1 saturated heterocycles. The fourth-order valence-electron chi connectivity index (χ4n) is 9.47. The Morgan fingerprint density at radius 1 is 0.805 bits per heavy atom. The van der Waals surface area contributed by atoms with Gasteiger partial charge in [0, 0.05) is 38.8 Å². The Labute approximate surface area is 445 Å². The molecule has 20 heteroatoms. The molecule has 1 aliphatic heterocycles. The predicted octanol–water partition coefficient (Wildman–Crippen LogP) is 5.96. The molecule has 402 valence electrons. The van der Waals surface area contributed by atoms with Crippen LogP contribution in [-0.2, 0) is 57.6 Å². The van der Waals surface area contributed by atoms with Crippen LogP contribution < -0.4 is 20.7 Å². The molecule has 2 heterocycles. The Hall–Kier alpha value is -8.81. The van der Waals surface area contributed by atoms with Crippen LogP contribution in [0.3, 0.4) is 0 Å². The zero-order chi connectivity index (χ0) is 55.0. The maximum atomic E-state index is 14.1. The van der Waals surface area contributed by atoms with Crippen molar-refractivity contribution < 1.29 is 57.6 Å². The molecule has 0 saturated carbocycles. The Bertz CT molecular complexity index is 3110. The molecule has 1 unspecified atom stereocenters. The smallest absolute Gasteiger partial charge is 0.410 e. The Morgan fingerprint density at radius 2 is 1.44 bits per heavy atom. The topological polar surface area (TPSA) is 250 Å². The highest BCUT2D eigenvalue weighted by molar-refractivity contribution is 5.94. The number of aliphatic carboxylic acids is 1. The van der Waals surface area contributed by atoms with Gasteiger partial charge in [0.25, 0.3) is 0 Å². The van der Waals surface area contributed by atoms with Crippen molar-refractivity contribution >= 4 is 52.6 Å². The zero-order valence-electron chi connectivity index (χ0n) is 43.6. The summed E-state index contributed by atoms with van der Waals surface area (Å²) in [6, 6.07) is 30.9. The van der Waals surface area contributed by atoms with Gasteiger partial charge in [-0.3, -0.25) is 19.3 Å². The standard InChI is InChI=1S/C57H62N8O12/c1-34(63(5)56(73)77-57(2,3)4)51(67)58-29-50(66)64-31-40(28-49(64)52(68)59-47(53(69)70)27-36-19-22-37-13-7-8-14-38(37)25-36)65-30-39(61-62-65)32-75-41-23-20-35(21-24-41)26-48(54(71)74-6)60-55(72)76-33-46-44-17-11-9-15-42(44)43-16-10-12-18-45(43)46/h7-25,30,34,40,46-49H,26-29,31-33H2,1-6H3,(H,58,67)(H,59,68)(H,60,72)(H,69,70)/t34-,40?,47-,48-,49-/m0/s1. The van der Waals surface area contributed by atoms with E-state index in [1.807, 2.05) is 84.9 Å². The van der Waals surface area contributed by atoms with Gasteiger partial charge in [-0.2, -0.15) is 0 Å². The maximum Gasteiger partial charge on any atom is 0.410 e. The van der Waals surface area contributed by atoms with Crippen LogP contribution in [0, 0.1) is 0 Å². The normalized spacial score (nSPS) is 16.0. The van der Waals surface area contributed by atoms with Crippen LogP contribution in [0.2, 0.25) is 0 Å². The molecule has 20 nitrogen and oxygen atoms in total. The number of hydrogen-bond acceptors (Lipinski definition) is 13. The number of carboxylic acid groups (broad SMARTS) is 1. The molecule has 0 bridgehead atoms. The third-order valence-corrected chi connectivity index (χ3v) is 13.6. The molecule has 0 radical (unpaired) electrons. The molecule has 0 spiro atoms. The molecule has 1 aromatic heterocycles. The second kappa shape index (κ2) is 23.8. The minimum atomic E-state index is -1.34. The number of nitrogens with one attached hydrogen (secondary N) is 3. The molecule has 8 rings (SSSR count). The lowest BCUT2D eigenvalue weighted by molar-refractivity contribution is -0.144. The van der Waals surface area contributed by atoms with Crippen LogP contribution in [-0.4, -0.2) is 135 Å². The molecule has 1 fully saturated rings. The number of ether oxygens (including phenoxy) is 4. The molecular weight excluding hydrogens is 989 g/mol. The number of hydrogen-bond donors (Lipinski definition) is 4. The van der Waals surface area contributed by atoms with Gasteiger partial charge in [-0.1, -0.05) is 108 Å². The number of alkyl carbamates (subject to hydrolysis) is 1. The molecular formula is C57H62N8O12. The number of methoxy groups -OCH3 is 1. The molecule has 6 aromatic rings. The summed E-state index contributed by atoms with van der Waals surface area (Å²) in [6.45, 7) is 6.04. The number of carbonyl (C=O) groups is 7. The van der Waals surface area contributed by atoms with Crippen molar-refractivity contribution in [2.75, 3.05) is 33.9 Å². The van der Waals surface area contributed by atoms with E-state index in [4.69, 9.17) is 18.9 Å². The van der Waals surface area contributed by atoms with Gasteiger partial charge in [-0.05, 0) is 84.0 Å². The number of carboxylic acids is 1. The number of aromatic nitrogens is 3. The van der Waals surface area contributed by atoms with Crippen molar-refractivity contribution in [1.29, 1.82) is 0 Å². The summed E-state index contributed by atoms with van der Waals surface area (Å²) in [7, 11) is 2.64. The minimum absolute atomic E-state index is 0.0240. The van der Waals surface area contributed by atoms with E-state index in [0.717, 1.165) is 37.9 Å². The Kier molecular flexibility index (Phi) is 16.8. The van der Waals surface area contributed by atoms with Crippen molar-refractivity contribution in [3.05, 3.63) is 149 Å². The predicted molar refractivity (Wildman–Crippen MR) is 281 cm³/mol. The number of nitrogens with zero attached hydrogens (tertiary/aromatic N) is 5.